The number of nitrogens with one attached hydrogen (secondary N) is 1. The third-order valence-corrected chi connectivity index (χ3v) is 4.34. The highest BCUT2D eigenvalue weighted by atomic mass is 32.2. The third-order valence-electron chi connectivity index (χ3n) is 3.23. The molecule has 0 aliphatic carbocycles. The van der Waals surface area contributed by atoms with Crippen molar-refractivity contribution in [1.82, 2.24) is 5.16 Å². The van der Waals surface area contributed by atoms with Crippen molar-refractivity contribution in [3.05, 3.63) is 47.2 Å². The van der Waals surface area contributed by atoms with Crippen LogP contribution in [0.25, 0.3) is 0 Å². The van der Waals surface area contributed by atoms with E-state index in [0.29, 0.717) is 22.7 Å². The number of anilines is 1. The summed E-state index contributed by atoms with van der Waals surface area (Å²) in [5.41, 5.74) is 1.12. The number of aromatic nitrogens is 1. The number of ether oxygens (including phenoxy) is 1. The fourth-order valence-corrected chi connectivity index (χ4v) is 2.56. The van der Waals surface area contributed by atoms with Gasteiger partial charge in [-0.15, -0.1) is 11.8 Å². The van der Waals surface area contributed by atoms with Crippen LogP contribution in [0.5, 0.6) is 0 Å². The Morgan fingerprint density at radius 1 is 1.44 bits per heavy atom. The van der Waals surface area contributed by atoms with Gasteiger partial charge in [-0.1, -0.05) is 23.4 Å². The molecule has 0 aliphatic heterocycles. The van der Waals surface area contributed by atoms with Crippen LogP contribution >= 0.6 is 11.8 Å². The molecule has 1 N–H and O–H groups in total. The minimum absolute atomic E-state index is 0.0289. The van der Waals surface area contributed by atoms with Crippen LogP contribution in [0.2, 0.25) is 0 Å². The van der Waals surface area contributed by atoms with Gasteiger partial charge in [-0.25, -0.2) is 0 Å². The Bertz CT molecular complexity index is 797. The number of hydrogen-bond acceptors (Lipinski definition) is 7. The number of hydrogen-bond donors (Lipinski definition) is 1. The van der Waals surface area contributed by atoms with Crippen molar-refractivity contribution in [3.8, 4) is 6.07 Å². The van der Waals surface area contributed by atoms with E-state index in [2.05, 4.69) is 10.5 Å². The van der Waals surface area contributed by atoms with E-state index in [1.807, 2.05) is 6.07 Å². The molecule has 0 fully saturated rings. The van der Waals surface area contributed by atoms with E-state index in [-0.39, 0.29) is 18.3 Å². The molecule has 2 rings (SSSR count). The SMILES string of the molecule is Cc1cc(NC(=O)[C@H](C)SCC(=O)OCc2ccccc2C#N)no1. The van der Waals surface area contributed by atoms with Crippen molar-refractivity contribution >= 4 is 29.5 Å². The second-order valence-electron chi connectivity index (χ2n) is 5.19. The lowest BCUT2D eigenvalue weighted by Gasteiger charge is -2.10. The maximum absolute atomic E-state index is 12.0. The lowest BCUT2D eigenvalue weighted by molar-refractivity contribution is -0.141. The zero-order valence-corrected chi connectivity index (χ0v) is 14.6. The first-order valence-corrected chi connectivity index (χ1v) is 8.54. The van der Waals surface area contributed by atoms with Crippen LogP contribution in [0.3, 0.4) is 0 Å². The molecule has 0 bridgehead atoms. The molecule has 0 saturated heterocycles. The summed E-state index contributed by atoms with van der Waals surface area (Å²) in [5, 5.41) is 14.8. The molecule has 8 heteroatoms. The highest BCUT2D eigenvalue weighted by Crippen LogP contribution is 2.15. The minimum Gasteiger partial charge on any atom is -0.460 e. The molecule has 1 aromatic carbocycles. The molecule has 0 spiro atoms. The van der Waals surface area contributed by atoms with E-state index in [0.717, 1.165) is 11.8 Å². The van der Waals surface area contributed by atoms with Gasteiger partial charge in [0.25, 0.3) is 0 Å². The number of carbonyl (C=O) groups is 2. The predicted octanol–water partition coefficient (Wildman–Crippen LogP) is 2.66. The second-order valence-corrected chi connectivity index (χ2v) is 6.52. The molecule has 0 saturated carbocycles. The molecular weight excluding hydrogens is 342 g/mol. The highest BCUT2D eigenvalue weighted by Gasteiger charge is 2.17. The normalized spacial score (nSPS) is 11.4. The Labute approximate surface area is 149 Å². The number of benzene rings is 1. The minimum atomic E-state index is -0.462. The first-order chi connectivity index (χ1) is 12.0. The smallest absolute Gasteiger partial charge is 0.316 e. The zero-order valence-electron chi connectivity index (χ0n) is 13.8. The summed E-state index contributed by atoms with van der Waals surface area (Å²) in [6.45, 7) is 3.44. The Morgan fingerprint density at radius 3 is 2.88 bits per heavy atom. The number of thioether (sulfide) groups is 1. The monoisotopic (exact) mass is 359 g/mol. The van der Waals surface area contributed by atoms with Crippen molar-refractivity contribution in [2.45, 2.75) is 25.7 Å². The molecule has 0 aliphatic rings. The number of esters is 1. The van der Waals surface area contributed by atoms with Crippen LogP contribution in [-0.2, 0) is 20.9 Å². The molecule has 130 valence electrons. The molecule has 25 heavy (non-hydrogen) atoms. The maximum Gasteiger partial charge on any atom is 0.316 e. The average Bonchev–Trinajstić information content (AvgIpc) is 3.02. The first-order valence-electron chi connectivity index (χ1n) is 7.49. The van der Waals surface area contributed by atoms with E-state index in [4.69, 9.17) is 14.5 Å². The molecule has 1 amide bonds. The fraction of sp³-hybridized carbons (Fsp3) is 0.294. The van der Waals surface area contributed by atoms with Gasteiger partial charge in [0.1, 0.15) is 12.4 Å². The zero-order chi connectivity index (χ0) is 18.2. The lowest BCUT2D eigenvalue weighted by atomic mass is 10.1. The fourth-order valence-electron chi connectivity index (χ4n) is 1.88. The second kappa shape index (κ2) is 8.89. The standard InChI is InChI=1S/C17H17N3O4S/c1-11-7-15(20-24-11)19-17(22)12(2)25-10-16(21)23-9-14-6-4-3-5-13(14)8-18/h3-7,12H,9-10H2,1-2H3,(H,19,20,22)/t12-/m0/s1. The van der Waals surface area contributed by atoms with Crippen molar-refractivity contribution in [3.63, 3.8) is 0 Å². The molecule has 0 unspecified atom stereocenters. The highest BCUT2D eigenvalue weighted by molar-refractivity contribution is 8.01. The number of rotatable bonds is 7. The lowest BCUT2D eigenvalue weighted by Crippen LogP contribution is -2.24. The molecule has 1 aromatic heterocycles. The summed E-state index contributed by atoms with van der Waals surface area (Å²) < 4.78 is 10.0. The number of nitrogens with zero attached hydrogens (tertiary/aromatic N) is 2. The summed E-state index contributed by atoms with van der Waals surface area (Å²) >= 11 is 1.15. The number of carbonyl (C=O) groups excluding carboxylic acids is 2. The summed E-state index contributed by atoms with van der Waals surface area (Å²) in [6.07, 6.45) is 0. The van der Waals surface area contributed by atoms with Gasteiger partial charge >= 0.3 is 5.97 Å². The number of amides is 1. The summed E-state index contributed by atoms with van der Waals surface area (Å²) in [4.78, 5) is 23.8. The Kier molecular flexibility index (Phi) is 6.60. The molecule has 1 atom stereocenters. The number of aryl methyl sites for hydroxylation is 1. The molecule has 1 heterocycles. The van der Waals surface area contributed by atoms with Gasteiger partial charge in [0.05, 0.1) is 22.6 Å². The Hall–Kier alpha value is -2.79. The Morgan fingerprint density at radius 2 is 2.20 bits per heavy atom. The Balaban J connectivity index is 1.75. The molecule has 7 nitrogen and oxygen atoms in total. The van der Waals surface area contributed by atoms with Crippen molar-refractivity contribution in [2.75, 3.05) is 11.1 Å². The van der Waals surface area contributed by atoms with Crippen LogP contribution in [-0.4, -0.2) is 28.0 Å². The molecule has 0 radical (unpaired) electrons. The van der Waals surface area contributed by atoms with Gasteiger partial charge in [0.2, 0.25) is 5.91 Å². The van der Waals surface area contributed by atoms with Crippen LogP contribution in [0, 0.1) is 18.3 Å². The predicted molar refractivity (Wildman–Crippen MR) is 92.7 cm³/mol. The van der Waals surface area contributed by atoms with Crippen molar-refractivity contribution in [1.29, 1.82) is 5.26 Å². The van der Waals surface area contributed by atoms with Crippen LogP contribution in [0.1, 0.15) is 23.8 Å². The topological polar surface area (TPSA) is 105 Å². The van der Waals surface area contributed by atoms with Gasteiger partial charge in [-0.3, -0.25) is 9.59 Å². The maximum atomic E-state index is 12.0. The summed E-state index contributed by atoms with van der Waals surface area (Å²) in [7, 11) is 0. The first kappa shape index (κ1) is 18.5. The molecule has 2 aromatic rings. The van der Waals surface area contributed by atoms with E-state index in [1.54, 1.807) is 44.2 Å². The van der Waals surface area contributed by atoms with Crippen LogP contribution in [0.4, 0.5) is 5.82 Å². The summed E-state index contributed by atoms with van der Waals surface area (Å²) in [6, 6.07) is 10.6. The van der Waals surface area contributed by atoms with Gasteiger partial charge < -0.3 is 14.6 Å². The van der Waals surface area contributed by atoms with E-state index >= 15 is 0 Å². The van der Waals surface area contributed by atoms with E-state index in [9.17, 15) is 9.59 Å². The third kappa shape index (κ3) is 5.65. The van der Waals surface area contributed by atoms with Crippen LogP contribution < -0.4 is 5.32 Å². The van der Waals surface area contributed by atoms with Crippen molar-refractivity contribution in [2.24, 2.45) is 0 Å². The van der Waals surface area contributed by atoms with Crippen LogP contribution in [0.15, 0.2) is 34.9 Å². The average molecular weight is 359 g/mol. The van der Waals surface area contributed by atoms with Crippen molar-refractivity contribution < 1.29 is 18.8 Å². The van der Waals surface area contributed by atoms with Gasteiger partial charge in [0.15, 0.2) is 5.82 Å². The quantitative estimate of drug-likeness (QED) is 0.758. The van der Waals surface area contributed by atoms with Gasteiger partial charge in [-0.2, -0.15) is 5.26 Å². The summed E-state index contributed by atoms with van der Waals surface area (Å²) in [5.74, 6) is 0.235. The van der Waals surface area contributed by atoms with Gasteiger partial charge in [-0.05, 0) is 19.9 Å². The number of nitriles is 1. The van der Waals surface area contributed by atoms with Gasteiger partial charge in [0, 0.05) is 11.6 Å². The van der Waals surface area contributed by atoms with E-state index < -0.39 is 11.2 Å². The van der Waals surface area contributed by atoms with E-state index in [1.165, 1.54) is 0 Å². The molecular formula is C17H17N3O4S. The largest absolute Gasteiger partial charge is 0.460 e.